The molecular weight excluding hydrogens is 336 g/mol. The zero-order valence-corrected chi connectivity index (χ0v) is 15.5. The minimum atomic E-state index is -0.881. The number of carboxylic acid groups (broad SMARTS) is 1. The minimum absolute atomic E-state index is 0.384. The molecule has 0 radical (unpaired) electrons. The van der Waals surface area contributed by atoms with Crippen LogP contribution < -0.4 is 4.74 Å². The van der Waals surface area contributed by atoms with E-state index in [2.05, 4.69) is 13.8 Å². The number of imidazole rings is 1. The van der Waals surface area contributed by atoms with E-state index in [0.29, 0.717) is 17.9 Å². The quantitative estimate of drug-likeness (QED) is 0.666. The molecule has 0 amide bonds. The summed E-state index contributed by atoms with van der Waals surface area (Å²) in [5.74, 6) is -0.0274. The van der Waals surface area contributed by atoms with Gasteiger partial charge in [0.05, 0.1) is 18.0 Å². The minimum Gasteiger partial charge on any atom is -0.494 e. The molecule has 2 heterocycles. The van der Waals surface area contributed by atoms with Crippen LogP contribution in [-0.2, 0) is 12.8 Å². The lowest BCUT2D eigenvalue weighted by molar-refractivity contribution is 0.0700. The molecule has 25 heavy (non-hydrogen) atoms. The first-order valence-corrected chi connectivity index (χ1v) is 9.41. The zero-order valence-electron chi connectivity index (χ0n) is 14.7. The molecular formula is C19H22N2O3S. The van der Waals surface area contributed by atoms with Gasteiger partial charge in [0.25, 0.3) is 0 Å². The summed E-state index contributed by atoms with van der Waals surface area (Å²) >= 11 is 1.24. The first kappa shape index (κ1) is 17.5. The zero-order chi connectivity index (χ0) is 18.0. The van der Waals surface area contributed by atoms with Crippen molar-refractivity contribution in [1.29, 1.82) is 0 Å². The van der Waals surface area contributed by atoms with Gasteiger partial charge in [0.2, 0.25) is 0 Å². The van der Waals surface area contributed by atoms with Gasteiger partial charge in [-0.2, -0.15) is 0 Å². The highest BCUT2D eigenvalue weighted by Gasteiger charge is 2.22. The van der Waals surface area contributed by atoms with Gasteiger partial charge in [-0.05, 0) is 43.5 Å². The van der Waals surface area contributed by atoms with Crippen LogP contribution in [0.4, 0.5) is 0 Å². The second-order valence-electron chi connectivity index (χ2n) is 5.79. The highest BCUT2D eigenvalue weighted by atomic mass is 32.1. The van der Waals surface area contributed by atoms with Crippen molar-refractivity contribution in [3.63, 3.8) is 0 Å². The summed E-state index contributed by atoms with van der Waals surface area (Å²) in [5.41, 5.74) is 3.82. The van der Waals surface area contributed by atoms with Crippen LogP contribution in [0, 0.1) is 0 Å². The van der Waals surface area contributed by atoms with Gasteiger partial charge >= 0.3 is 5.97 Å². The van der Waals surface area contributed by atoms with Crippen LogP contribution in [0.15, 0.2) is 24.3 Å². The number of aryl methyl sites for hydroxylation is 2. The van der Waals surface area contributed by atoms with E-state index in [1.165, 1.54) is 11.3 Å². The predicted molar refractivity (Wildman–Crippen MR) is 100 cm³/mol. The van der Waals surface area contributed by atoms with E-state index in [9.17, 15) is 9.90 Å². The van der Waals surface area contributed by atoms with Crippen molar-refractivity contribution in [1.82, 2.24) is 9.38 Å². The lowest BCUT2D eigenvalue weighted by Crippen LogP contribution is -2.03. The van der Waals surface area contributed by atoms with Gasteiger partial charge in [-0.15, -0.1) is 0 Å². The molecule has 0 aliphatic heterocycles. The molecule has 132 valence electrons. The van der Waals surface area contributed by atoms with Gasteiger partial charge < -0.3 is 9.84 Å². The molecule has 0 saturated heterocycles. The molecule has 0 saturated carbocycles. The summed E-state index contributed by atoms with van der Waals surface area (Å²) in [6.07, 6.45) is 2.42. The SMILES string of the molecule is CCCOc1ccc(-c2nc3sc(C(=O)O)c(CC)n3c2CC)cc1. The Balaban J connectivity index is 2.07. The van der Waals surface area contributed by atoms with E-state index < -0.39 is 5.97 Å². The maximum Gasteiger partial charge on any atom is 0.347 e. The molecule has 3 aromatic rings. The standard InChI is InChI=1S/C19H22N2O3S/c1-4-11-24-13-9-7-12(8-10-13)16-14(5-2)21-15(6-3)17(18(22)23)25-19(21)20-16/h7-10H,4-6,11H2,1-3H3,(H,22,23). The Hall–Kier alpha value is -2.34. The molecule has 0 atom stereocenters. The molecule has 0 unspecified atom stereocenters. The van der Waals surface area contributed by atoms with Crippen LogP contribution in [0.5, 0.6) is 5.75 Å². The van der Waals surface area contributed by atoms with E-state index in [1.807, 2.05) is 35.6 Å². The number of rotatable bonds is 7. The van der Waals surface area contributed by atoms with Crippen molar-refractivity contribution in [3.05, 3.63) is 40.5 Å². The highest BCUT2D eigenvalue weighted by Crippen LogP contribution is 2.32. The fourth-order valence-corrected chi connectivity index (χ4v) is 4.07. The summed E-state index contributed by atoms with van der Waals surface area (Å²) in [4.78, 5) is 17.3. The molecule has 0 bridgehead atoms. The maximum absolute atomic E-state index is 11.5. The second kappa shape index (κ2) is 7.27. The fraction of sp³-hybridized carbons (Fsp3) is 0.368. The Morgan fingerprint density at radius 2 is 1.84 bits per heavy atom. The number of carbonyl (C=O) groups is 1. The maximum atomic E-state index is 11.5. The summed E-state index contributed by atoms with van der Waals surface area (Å²) in [6.45, 7) is 6.84. The predicted octanol–water partition coefficient (Wildman–Crippen LogP) is 4.67. The fourth-order valence-electron chi connectivity index (χ4n) is 3.00. The van der Waals surface area contributed by atoms with Crippen molar-refractivity contribution >= 4 is 22.3 Å². The number of ether oxygens (including phenoxy) is 1. The van der Waals surface area contributed by atoms with Gasteiger partial charge in [0.15, 0.2) is 4.96 Å². The number of carboxylic acids is 1. The average molecular weight is 358 g/mol. The molecule has 0 fully saturated rings. The lowest BCUT2D eigenvalue weighted by Gasteiger charge is -2.07. The number of benzene rings is 1. The Morgan fingerprint density at radius 1 is 1.16 bits per heavy atom. The van der Waals surface area contributed by atoms with Crippen LogP contribution in [0.25, 0.3) is 16.2 Å². The molecule has 0 aliphatic carbocycles. The van der Waals surface area contributed by atoms with Crippen molar-refractivity contribution in [3.8, 4) is 17.0 Å². The number of fused-ring (bicyclic) bond motifs is 1. The second-order valence-corrected chi connectivity index (χ2v) is 6.77. The normalized spacial score (nSPS) is 11.2. The van der Waals surface area contributed by atoms with Gasteiger partial charge in [-0.3, -0.25) is 4.40 Å². The molecule has 0 spiro atoms. The van der Waals surface area contributed by atoms with E-state index in [0.717, 1.165) is 46.2 Å². The summed E-state index contributed by atoms with van der Waals surface area (Å²) in [6, 6.07) is 7.95. The monoisotopic (exact) mass is 358 g/mol. The molecule has 5 nitrogen and oxygen atoms in total. The van der Waals surface area contributed by atoms with Crippen LogP contribution in [0.1, 0.15) is 48.3 Å². The number of thiazole rings is 1. The number of hydrogen-bond donors (Lipinski definition) is 1. The Morgan fingerprint density at radius 3 is 2.40 bits per heavy atom. The largest absolute Gasteiger partial charge is 0.494 e. The van der Waals surface area contributed by atoms with Crippen molar-refractivity contribution in [2.75, 3.05) is 6.61 Å². The third-order valence-corrected chi connectivity index (χ3v) is 5.20. The number of aromatic nitrogens is 2. The van der Waals surface area contributed by atoms with Crippen LogP contribution in [-0.4, -0.2) is 27.1 Å². The molecule has 0 aliphatic rings. The van der Waals surface area contributed by atoms with Crippen LogP contribution in [0.2, 0.25) is 0 Å². The molecule has 3 rings (SSSR count). The van der Waals surface area contributed by atoms with Gasteiger partial charge in [0, 0.05) is 11.3 Å². The Kier molecular flexibility index (Phi) is 5.08. The Labute approximate surface area is 150 Å². The van der Waals surface area contributed by atoms with Gasteiger partial charge in [-0.25, -0.2) is 9.78 Å². The summed E-state index contributed by atoms with van der Waals surface area (Å²) < 4.78 is 7.66. The molecule has 1 aromatic carbocycles. The summed E-state index contributed by atoms with van der Waals surface area (Å²) in [5, 5.41) is 9.42. The summed E-state index contributed by atoms with van der Waals surface area (Å²) in [7, 11) is 0. The number of aromatic carboxylic acids is 1. The number of hydrogen-bond acceptors (Lipinski definition) is 4. The molecule has 1 N–H and O–H groups in total. The van der Waals surface area contributed by atoms with E-state index in [1.54, 1.807) is 0 Å². The average Bonchev–Trinajstić information content (AvgIpc) is 3.15. The Bertz CT molecular complexity index is 894. The lowest BCUT2D eigenvalue weighted by atomic mass is 10.1. The highest BCUT2D eigenvalue weighted by molar-refractivity contribution is 7.19. The smallest absolute Gasteiger partial charge is 0.347 e. The first-order chi connectivity index (χ1) is 12.1. The van der Waals surface area contributed by atoms with E-state index >= 15 is 0 Å². The third kappa shape index (κ3) is 3.14. The van der Waals surface area contributed by atoms with Gasteiger partial charge in [0.1, 0.15) is 10.6 Å². The van der Waals surface area contributed by atoms with E-state index in [-0.39, 0.29) is 0 Å². The molecule has 2 aromatic heterocycles. The van der Waals surface area contributed by atoms with Crippen molar-refractivity contribution in [2.45, 2.75) is 40.0 Å². The van der Waals surface area contributed by atoms with Crippen molar-refractivity contribution < 1.29 is 14.6 Å². The third-order valence-electron chi connectivity index (χ3n) is 4.13. The number of nitrogens with zero attached hydrogens (tertiary/aromatic N) is 2. The molecule has 6 heteroatoms. The van der Waals surface area contributed by atoms with Crippen LogP contribution >= 0.6 is 11.3 Å². The van der Waals surface area contributed by atoms with Gasteiger partial charge in [-0.1, -0.05) is 32.1 Å². The first-order valence-electron chi connectivity index (χ1n) is 8.60. The topological polar surface area (TPSA) is 63.8 Å². The van der Waals surface area contributed by atoms with E-state index in [4.69, 9.17) is 9.72 Å². The van der Waals surface area contributed by atoms with Crippen molar-refractivity contribution in [2.24, 2.45) is 0 Å². The van der Waals surface area contributed by atoms with Crippen LogP contribution in [0.3, 0.4) is 0 Å².